The Hall–Kier alpha value is -0.670. The molecule has 2 rings (SSSR count). The molecule has 70 valence electrons. The molecule has 0 amide bonds. The first-order chi connectivity index (χ1) is 6.25. The lowest BCUT2D eigenvalue weighted by Gasteiger charge is -2.25. The number of hydrogen-bond donors (Lipinski definition) is 1. The molecule has 0 atom stereocenters. The lowest BCUT2D eigenvalue weighted by Crippen LogP contribution is -2.30. The summed E-state index contributed by atoms with van der Waals surface area (Å²) in [4.78, 5) is 1.32. The third-order valence-electron chi connectivity index (χ3n) is 2.10. The maximum Gasteiger partial charge on any atom is 0.0611 e. The third-order valence-corrected chi connectivity index (χ3v) is 3.42. The number of rotatable bonds is 2. The van der Waals surface area contributed by atoms with Gasteiger partial charge in [0.2, 0.25) is 0 Å². The van der Waals surface area contributed by atoms with Gasteiger partial charge < -0.3 is 10.5 Å². The Morgan fingerprint density at radius 1 is 1.46 bits per heavy atom. The van der Waals surface area contributed by atoms with Gasteiger partial charge in [-0.3, -0.25) is 0 Å². The molecule has 0 radical (unpaired) electrons. The Kier molecular flexibility index (Phi) is 2.47. The molecule has 0 aromatic heterocycles. The van der Waals surface area contributed by atoms with E-state index in [1.165, 1.54) is 10.5 Å². The van der Waals surface area contributed by atoms with E-state index in [1.54, 1.807) is 0 Å². The number of nitrogens with two attached hydrogens (primary N) is 1. The first-order valence-electron chi connectivity index (χ1n) is 4.36. The molecule has 1 aliphatic rings. The van der Waals surface area contributed by atoms with Crippen molar-refractivity contribution < 1.29 is 4.74 Å². The van der Waals surface area contributed by atoms with E-state index in [1.807, 2.05) is 23.9 Å². The van der Waals surface area contributed by atoms with Gasteiger partial charge in [0, 0.05) is 10.6 Å². The van der Waals surface area contributed by atoms with Crippen LogP contribution in [-0.2, 0) is 4.74 Å². The maximum absolute atomic E-state index is 5.67. The minimum absolute atomic E-state index is 0.641. The van der Waals surface area contributed by atoms with Crippen LogP contribution in [0.2, 0.25) is 0 Å². The third kappa shape index (κ3) is 1.98. The molecule has 0 aliphatic carbocycles. The number of ether oxygens (including phenoxy) is 1. The van der Waals surface area contributed by atoms with E-state index in [4.69, 9.17) is 10.5 Å². The molecule has 1 fully saturated rings. The van der Waals surface area contributed by atoms with Crippen molar-refractivity contribution in [2.24, 2.45) is 0 Å². The molecule has 0 spiro atoms. The summed E-state index contributed by atoms with van der Waals surface area (Å²) in [5, 5.41) is 0.641. The molecule has 1 saturated heterocycles. The second-order valence-corrected chi connectivity index (χ2v) is 4.64. The predicted molar refractivity (Wildman–Crippen MR) is 56.1 cm³/mol. The van der Waals surface area contributed by atoms with Gasteiger partial charge in [-0.1, -0.05) is 0 Å². The standard InChI is InChI=1S/C10H13NOS/c1-7-4-8(11)2-3-10(7)13-9-5-12-6-9/h2-4,9H,5-6,11H2,1H3. The van der Waals surface area contributed by atoms with Crippen LogP contribution in [0.5, 0.6) is 0 Å². The van der Waals surface area contributed by atoms with Gasteiger partial charge in [-0.25, -0.2) is 0 Å². The van der Waals surface area contributed by atoms with Crippen molar-refractivity contribution in [1.29, 1.82) is 0 Å². The Labute approximate surface area is 82.5 Å². The van der Waals surface area contributed by atoms with Crippen molar-refractivity contribution in [3.05, 3.63) is 23.8 Å². The first-order valence-corrected chi connectivity index (χ1v) is 5.24. The van der Waals surface area contributed by atoms with Gasteiger partial charge in [-0.15, -0.1) is 11.8 Å². The molecule has 13 heavy (non-hydrogen) atoms. The summed E-state index contributed by atoms with van der Waals surface area (Å²) < 4.78 is 5.13. The zero-order valence-corrected chi connectivity index (χ0v) is 8.43. The van der Waals surface area contributed by atoms with Gasteiger partial charge in [-0.05, 0) is 30.7 Å². The number of benzene rings is 1. The van der Waals surface area contributed by atoms with Gasteiger partial charge in [-0.2, -0.15) is 0 Å². The summed E-state index contributed by atoms with van der Waals surface area (Å²) in [6.07, 6.45) is 0. The second-order valence-electron chi connectivity index (χ2n) is 3.30. The van der Waals surface area contributed by atoms with Gasteiger partial charge in [0.05, 0.1) is 18.5 Å². The van der Waals surface area contributed by atoms with E-state index in [0.717, 1.165) is 18.9 Å². The topological polar surface area (TPSA) is 35.2 Å². The lowest BCUT2D eigenvalue weighted by molar-refractivity contribution is 0.0455. The zero-order valence-electron chi connectivity index (χ0n) is 7.62. The van der Waals surface area contributed by atoms with Crippen LogP contribution in [0.25, 0.3) is 0 Å². The maximum atomic E-state index is 5.67. The van der Waals surface area contributed by atoms with Gasteiger partial charge in [0.25, 0.3) is 0 Å². The molecule has 0 unspecified atom stereocenters. The van der Waals surface area contributed by atoms with Crippen LogP contribution in [0.3, 0.4) is 0 Å². The first kappa shape index (κ1) is 8.91. The molecule has 1 aromatic carbocycles. The van der Waals surface area contributed by atoms with E-state index in [9.17, 15) is 0 Å². The molecule has 2 nitrogen and oxygen atoms in total. The minimum atomic E-state index is 0.641. The number of anilines is 1. The van der Waals surface area contributed by atoms with Crippen molar-refractivity contribution >= 4 is 17.4 Å². The van der Waals surface area contributed by atoms with Crippen molar-refractivity contribution in [3.8, 4) is 0 Å². The highest BCUT2D eigenvalue weighted by Crippen LogP contribution is 2.31. The van der Waals surface area contributed by atoms with Crippen LogP contribution in [0.15, 0.2) is 23.1 Å². The summed E-state index contributed by atoms with van der Waals surface area (Å²) >= 11 is 1.89. The largest absolute Gasteiger partial charge is 0.399 e. The van der Waals surface area contributed by atoms with Crippen LogP contribution in [0.4, 0.5) is 5.69 Å². The summed E-state index contributed by atoms with van der Waals surface area (Å²) in [7, 11) is 0. The Morgan fingerprint density at radius 2 is 2.23 bits per heavy atom. The van der Waals surface area contributed by atoms with Crippen LogP contribution in [-0.4, -0.2) is 18.5 Å². The number of aryl methyl sites for hydroxylation is 1. The quantitative estimate of drug-likeness (QED) is 0.734. The molecular weight excluding hydrogens is 182 g/mol. The van der Waals surface area contributed by atoms with E-state index in [-0.39, 0.29) is 0 Å². The number of nitrogen functional groups attached to an aromatic ring is 1. The molecule has 0 bridgehead atoms. The molecule has 1 aliphatic heterocycles. The molecular formula is C10H13NOS. The summed E-state index contributed by atoms with van der Waals surface area (Å²) in [5.41, 5.74) is 7.77. The summed E-state index contributed by atoms with van der Waals surface area (Å²) in [6, 6.07) is 6.06. The van der Waals surface area contributed by atoms with Crippen molar-refractivity contribution in [2.45, 2.75) is 17.1 Å². The molecule has 2 N–H and O–H groups in total. The number of hydrogen-bond acceptors (Lipinski definition) is 3. The average molecular weight is 195 g/mol. The Balaban J connectivity index is 2.10. The van der Waals surface area contributed by atoms with Crippen molar-refractivity contribution in [2.75, 3.05) is 18.9 Å². The fourth-order valence-electron chi connectivity index (χ4n) is 1.27. The zero-order chi connectivity index (χ0) is 9.26. The normalized spacial score (nSPS) is 17.0. The smallest absolute Gasteiger partial charge is 0.0611 e. The fraction of sp³-hybridized carbons (Fsp3) is 0.400. The highest BCUT2D eigenvalue weighted by atomic mass is 32.2. The van der Waals surface area contributed by atoms with Gasteiger partial charge >= 0.3 is 0 Å². The van der Waals surface area contributed by atoms with Gasteiger partial charge in [0.15, 0.2) is 0 Å². The SMILES string of the molecule is Cc1cc(N)ccc1SC1COC1. The Morgan fingerprint density at radius 3 is 2.77 bits per heavy atom. The average Bonchev–Trinajstić information content (AvgIpc) is 1.99. The summed E-state index contributed by atoms with van der Waals surface area (Å²) in [6.45, 7) is 3.86. The molecule has 1 heterocycles. The van der Waals surface area contributed by atoms with Crippen LogP contribution >= 0.6 is 11.8 Å². The Bertz CT molecular complexity index is 310. The predicted octanol–water partition coefficient (Wildman–Crippen LogP) is 2.07. The highest BCUT2D eigenvalue weighted by Gasteiger charge is 2.19. The van der Waals surface area contributed by atoms with Crippen LogP contribution < -0.4 is 5.73 Å². The second kappa shape index (κ2) is 3.60. The molecule has 0 saturated carbocycles. The van der Waals surface area contributed by atoms with E-state index < -0.39 is 0 Å². The van der Waals surface area contributed by atoms with Crippen molar-refractivity contribution in [1.82, 2.24) is 0 Å². The molecule has 1 aromatic rings. The summed E-state index contributed by atoms with van der Waals surface area (Å²) in [5.74, 6) is 0. The number of thioether (sulfide) groups is 1. The lowest BCUT2D eigenvalue weighted by atomic mass is 10.2. The van der Waals surface area contributed by atoms with E-state index >= 15 is 0 Å². The monoisotopic (exact) mass is 195 g/mol. The van der Waals surface area contributed by atoms with E-state index in [0.29, 0.717) is 5.25 Å². The van der Waals surface area contributed by atoms with E-state index in [2.05, 4.69) is 13.0 Å². The van der Waals surface area contributed by atoms with Crippen molar-refractivity contribution in [3.63, 3.8) is 0 Å². The highest BCUT2D eigenvalue weighted by molar-refractivity contribution is 8.00. The van der Waals surface area contributed by atoms with Crippen LogP contribution in [0.1, 0.15) is 5.56 Å². The molecule has 3 heteroatoms. The fourth-order valence-corrected chi connectivity index (χ4v) is 2.35. The van der Waals surface area contributed by atoms with Gasteiger partial charge in [0.1, 0.15) is 0 Å². The minimum Gasteiger partial charge on any atom is -0.399 e. The van der Waals surface area contributed by atoms with Crippen LogP contribution in [0, 0.1) is 6.92 Å².